The third kappa shape index (κ3) is 3.44. The fraction of sp³-hybridized carbons (Fsp3) is 0.304. The van der Waals surface area contributed by atoms with E-state index in [0.29, 0.717) is 5.56 Å². The Labute approximate surface area is 159 Å². The van der Waals surface area contributed by atoms with Crippen LogP contribution in [0.3, 0.4) is 0 Å². The molecular formula is C23H23N3O. The number of hydrogen-bond acceptors (Lipinski definition) is 4. The molecule has 1 aliphatic rings. The minimum atomic E-state index is -0.585. The molecule has 1 saturated heterocycles. The lowest BCUT2D eigenvalue weighted by Crippen LogP contribution is -2.38. The highest BCUT2D eigenvalue weighted by atomic mass is 16.3. The monoisotopic (exact) mass is 357 g/mol. The van der Waals surface area contributed by atoms with E-state index in [1.165, 1.54) is 0 Å². The van der Waals surface area contributed by atoms with Crippen LogP contribution in [-0.4, -0.2) is 22.7 Å². The van der Waals surface area contributed by atoms with Gasteiger partial charge in [-0.25, -0.2) is 4.98 Å². The molecule has 1 aliphatic heterocycles. The normalized spacial score (nSPS) is 18.2. The number of piperidine rings is 1. The average molecular weight is 357 g/mol. The van der Waals surface area contributed by atoms with Crippen molar-refractivity contribution in [2.75, 3.05) is 6.54 Å². The van der Waals surface area contributed by atoms with Gasteiger partial charge in [0.15, 0.2) is 0 Å². The van der Waals surface area contributed by atoms with E-state index in [1.54, 1.807) is 0 Å². The van der Waals surface area contributed by atoms with Gasteiger partial charge in [0, 0.05) is 17.0 Å². The van der Waals surface area contributed by atoms with Gasteiger partial charge in [-0.1, -0.05) is 36.8 Å². The van der Waals surface area contributed by atoms with Crippen LogP contribution in [0.2, 0.25) is 0 Å². The molecule has 3 aromatic rings. The van der Waals surface area contributed by atoms with Crippen molar-refractivity contribution in [1.82, 2.24) is 10.3 Å². The Kier molecular flexibility index (Phi) is 4.89. The summed E-state index contributed by atoms with van der Waals surface area (Å²) in [5.41, 5.74) is 5.04. The SMILES string of the molecule is Cc1ccc(-c2cc([C@@H](O)[C@@H]3CCCCN3)c3ccccc3n2)cc1C#N. The molecule has 136 valence electrons. The Balaban J connectivity index is 1.84. The Morgan fingerprint density at radius 3 is 2.81 bits per heavy atom. The Morgan fingerprint density at radius 2 is 2.04 bits per heavy atom. The van der Waals surface area contributed by atoms with Crippen molar-refractivity contribution in [3.05, 3.63) is 65.2 Å². The molecule has 2 heterocycles. The first kappa shape index (κ1) is 17.7. The molecule has 0 bridgehead atoms. The number of benzene rings is 2. The molecule has 0 amide bonds. The number of aliphatic hydroxyl groups is 1. The highest BCUT2D eigenvalue weighted by Gasteiger charge is 2.25. The van der Waals surface area contributed by atoms with Gasteiger partial charge in [0.1, 0.15) is 0 Å². The summed E-state index contributed by atoms with van der Waals surface area (Å²) in [5.74, 6) is 0. The summed E-state index contributed by atoms with van der Waals surface area (Å²) in [5, 5.41) is 24.9. The second-order valence-electron chi connectivity index (χ2n) is 7.26. The summed E-state index contributed by atoms with van der Waals surface area (Å²) in [7, 11) is 0. The number of pyridine rings is 1. The number of para-hydroxylation sites is 1. The molecule has 0 unspecified atom stereocenters. The third-order valence-corrected chi connectivity index (χ3v) is 5.45. The second-order valence-corrected chi connectivity index (χ2v) is 7.26. The number of aromatic nitrogens is 1. The Bertz CT molecular complexity index is 1020. The van der Waals surface area contributed by atoms with E-state index in [0.717, 1.165) is 59.1 Å². The van der Waals surface area contributed by atoms with Gasteiger partial charge in [-0.2, -0.15) is 5.26 Å². The van der Waals surface area contributed by atoms with Gasteiger partial charge < -0.3 is 10.4 Å². The fourth-order valence-corrected chi connectivity index (χ4v) is 3.86. The molecule has 2 N–H and O–H groups in total. The molecule has 4 heteroatoms. The van der Waals surface area contributed by atoms with Crippen LogP contribution in [0.4, 0.5) is 0 Å². The molecule has 4 rings (SSSR count). The lowest BCUT2D eigenvalue weighted by Gasteiger charge is -2.29. The van der Waals surface area contributed by atoms with Crippen molar-refractivity contribution in [3.63, 3.8) is 0 Å². The molecule has 4 nitrogen and oxygen atoms in total. The summed E-state index contributed by atoms with van der Waals surface area (Å²) in [6.45, 7) is 2.88. The van der Waals surface area contributed by atoms with Crippen LogP contribution in [0.15, 0.2) is 48.5 Å². The topological polar surface area (TPSA) is 68.9 Å². The molecule has 0 spiro atoms. The number of nitrogens with zero attached hydrogens (tertiary/aromatic N) is 2. The maximum atomic E-state index is 11.1. The van der Waals surface area contributed by atoms with Crippen LogP contribution >= 0.6 is 0 Å². The predicted molar refractivity (Wildman–Crippen MR) is 107 cm³/mol. The highest BCUT2D eigenvalue weighted by molar-refractivity contribution is 5.85. The maximum absolute atomic E-state index is 11.1. The first-order valence-corrected chi connectivity index (χ1v) is 9.49. The molecule has 0 aliphatic carbocycles. The van der Waals surface area contributed by atoms with Gasteiger partial charge in [0.25, 0.3) is 0 Å². The maximum Gasteiger partial charge on any atom is 0.0994 e. The molecule has 2 atom stereocenters. The van der Waals surface area contributed by atoms with Crippen LogP contribution in [-0.2, 0) is 0 Å². The van der Waals surface area contributed by atoms with Crippen molar-refractivity contribution in [2.24, 2.45) is 0 Å². The molecule has 1 fully saturated rings. The minimum absolute atomic E-state index is 0.0603. The smallest absolute Gasteiger partial charge is 0.0994 e. The minimum Gasteiger partial charge on any atom is -0.387 e. The summed E-state index contributed by atoms with van der Waals surface area (Å²) >= 11 is 0. The lowest BCUT2D eigenvalue weighted by atomic mass is 9.91. The summed E-state index contributed by atoms with van der Waals surface area (Å²) in [4.78, 5) is 4.80. The number of hydrogen-bond donors (Lipinski definition) is 2. The quantitative estimate of drug-likeness (QED) is 0.735. The number of rotatable bonds is 3. The number of aliphatic hydroxyl groups excluding tert-OH is 1. The first-order valence-electron chi connectivity index (χ1n) is 9.49. The predicted octanol–water partition coefficient (Wildman–Crippen LogP) is 4.26. The van der Waals surface area contributed by atoms with Gasteiger partial charge >= 0.3 is 0 Å². The zero-order chi connectivity index (χ0) is 18.8. The number of nitrogens with one attached hydrogen (secondary N) is 1. The van der Waals surface area contributed by atoms with E-state index < -0.39 is 6.10 Å². The van der Waals surface area contributed by atoms with E-state index in [-0.39, 0.29) is 6.04 Å². The highest BCUT2D eigenvalue weighted by Crippen LogP contribution is 2.32. The number of fused-ring (bicyclic) bond motifs is 1. The van der Waals surface area contributed by atoms with Gasteiger partial charge in [0.2, 0.25) is 0 Å². The second kappa shape index (κ2) is 7.48. The molecule has 1 aromatic heterocycles. The first-order chi connectivity index (χ1) is 13.2. The van der Waals surface area contributed by atoms with E-state index in [9.17, 15) is 10.4 Å². The molecule has 0 radical (unpaired) electrons. The zero-order valence-electron chi connectivity index (χ0n) is 15.4. The van der Waals surface area contributed by atoms with Crippen LogP contribution in [0, 0.1) is 18.3 Å². The average Bonchev–Trinajstić information content (AvgIpc) is 2.73. The Hall–Kier alpha value is -2.74. The van der Waals surface area contributed by atoms with Crippen molar-refractivity contribution in [2.45, 2.75) is 38.3 Å². The summed E-state index contributed by atoms with van der Waals surface area (Å²) in [6.07, 6.45) is 2.67. The largest absolute Gasteiger partial charge is 0.387 e. The lowest BCUT2D eigenvalue weighted by molar-refractivity contribution is 0.115. The summed E-state index contributed by atoms with van der Waals surface area (Å²) < 4.78 is 0. The van der Waals surface area contributed by atoms with Gasteiger partial charge in [-0.05, 0) is 55.6 Å². The molecule has 2 aromatic carbocycles. The van der Waals surface area contributed by atoms with Crippen LogP contribution in [0.1, 0.15) is 42.1 Å². The van der Waals surface area contributed by atoms with Crippen molar-refractivity contribution < 1.29 is 5.11 Å². The number of nitriles is 1. The van der Waals surface area contributed by atoms with Crippen molar-refractivity contribution in [3.8, 4) is 17.3 Å². The van der Waals surface area contributed by atoms with E-state index in [1.807, 2.05) is 55.5 Å². The zero-order valence-corrected chi connectivity index (χ0v) is 15.4. The molecule has 0 saturated carbocycles. The van der Waals surface area contributed by atoms with Gasteiger partial charge in [0.05, 0.1) is 28.9 Å². The van der Waals surface area contributed by atoms with Gasteiger partial charge in [-0.3, -0.25) is 0 Å². The number of aryl methyl sites for hydroxylation is 1. The summed E-state index contributed by atoms with van der Waals surface area (Å²) in [6, 6.07) is 18.0. The Morgan fingerprint density at radius 1 is 1.19 bits per heavy atom. The van der Waals surface area contributed by atoms with Gasteiger partial charge in [-0.15, -0.1) is 0 Å². The van der Waals surface area contributed by atoms with E-state index >= 15 is 0 Å². The van der Waals surface area contributed by atoms with Crippen LogP contribution in [0.25, 0.3) is 22.2 Å². The molecule has 27 heavy (non-hydrogen) atoms. The van der Waals surface area contributed by atoms with E-state index in [2.05, 4.69) is 11.4 Å². The third-order valence-electron chi connectivity index (χ3n) is 5.45. The standard InChI is InChI=1S/C23H23N3O/c1-15-9-10-16(12-17(15)14-24)22-13-19(18-6-2-3-7-20(18)26-22)23(27)21-8-4-5-11-25-21/h2-3,6-7,9-10,12-13,21,23,25,27H,4-5,8,11H2,1H3/t21-,23+/m0/s1. The van der Waals surface area contributed by atoms with Crippen LogP contribution < -0.4 is 5.32 Å². The van der Waals surface area contributed by atoms with Crippen LogP contribution in [0.5, 0.6) is 0 Å². The fourth-order valence-electron chi connectivity index (χ4n) is 3.86. The molecular weight excluding hydrogens is 334 g/mol. The van der Waals surface area contributed by atoms with Crippen molar-refractivity contribution in [1.29, 1.82) is 5.26 Å². The van der Waals surface area contributed by atoms with Crippen molar-refractivity contribution >= 4 is 10.9 Å². The van der Waals surface area contributed by atoms with E-state index in [4.69, 9.17) is 4.98 Å².